The average molecular weight is 250 g/mol. The van der Waals surface area contributed by atoms with Gasteiger partial charge >= 0.3 is 0 Å². The third kappa shape index (κ3) is 2.53. The molecule has 1 aromatic rings. The van der Waals surface area contributed by atoms with Crippen molar-refractivity contribution in [1.82, 2.24) is 4.90 Å². The Morgan fingerprint density at radius 1 is 1.39 bits per heavy atom. The standard InChI is InChI=1S/C12H14N2O4/c1-14(6-11(13)15)12(16)10-7-17-8-4-2-3-5-9(8)18-10/h2-5,10H,6-7H2,1H3,(H2,13,15). The molecule has 0 spiro atoms. The molecule has 2 rings (SSSR count). The van der Waals surface area contributed by atoms with Crippen LogP contribution in [-0.4, -0.2) is 43.0 Å². The number of ether oxygens (including phenoxy) is 2. The topological polar surface area (TPSA) is 81.9 Å². The Kier molecular flexibility index (Phi) is 3.36. The van der Waals surface area contributed by atoms with Crippen LogP contribution in [0.1, 0.15) is 0 Å². The van der Waals surface area contributed by atoms with Crippen LogP contribution in [-0.2, 0) is 9.59 Å². The number of primary amides is 1. The van der Waals surface area contributed by atoms with Gasteiger partial charge in [-0.3, -0.25) is 9.59 Å². The van der Waals surface area contributed by atoms with Gasteiger partial charge in [0.2, 0.25) is 12.0 Å². The van der Waals surface area contributed by atoms with Crippen molar-refractivity contribution in [2.75, 3.05) is 20.2 Å². The number of amides is 2. The molecule has 1 aromatic carbocycles. The lowest BCUT2D eigenvalue weighted by Gasteiger charge is -2.28. The maximum atomic E-state index is 12.0. The fourth-order valence-corrected chi connectivity index (χ4v) is 1.70. The Hall–Kier alpha value is -2.24. The van der Waals surface area contributed by atoms with E-state index in [0.29, 0.717) is 11.5 Å². The summed E-state index contributed by atoms with van der Waals surface area (Å²) < 4.78 is 11.0. The van der Waals surface area contributed by atoms with Crippen molar-refractivity contribution in [1.29, 1.82) is 0 Å². The first kappa shape index (κ1) is 12.2. The number of fused-ring (bicyclic) bond motifs is 1. The lowest BCUT2D eigenvalue weighted by atomic mass is 10.2. The predicted octanol–water partition coefficient (Wildman–Crippen LogP) is -0.230. The monoisotopic (exact) mass is 250 g/mol. The second-order valence-electron chi connectivity index (χ2n) is 4.02. The molecule has 1 aliphatic rings. The van der Waals surface area contributed by atoms with Crippen LogP contribution in [0, 0.1) is 0 Å². The highest BCUT2D eigenvalue weighted by Gasteiger charge is 2.29. The SMILES string of the molecule is CN(CC(N)=O)C(=O)C1COc2ccccc2O1. The smallest absolute Gasteiger partial charge is 0.267 e. The molecule has 0 bridgehead atoms. The molecular formula is C12H14N2O4. The van der Waals surface area contributed by atoms with Gasteiger partial charge in [0.05, 0.1) is 6.54 Å². The fourth-order valence-electron chi connectivity index (χ4n) is 1.70. The van der Waals surface area contributed by atoms with Gasteiger partial charge in [-0.05, 0) is 12.1 Å². The highest BCUT2D eigenvalue weighted by atomic mass is 16.6. The van der Waals surface area contributed by atoms with Crippen LogP contribution >= 0.6 is 0 Å². The van der Waals surface area contributed by atoms with Gasteiger partial charge in [0.25, 0.3) is 5.91 Å². The van der Waals surface area contributed by atoms with Gasteiger partial charge in [-0.2, -0.15) is 0 Å². The number of benzene rings is 1. The van der Waals surface area contributed by atoms with Crippen molar-refractivity contribution >= 4 is 11.8 Å². The zero-order valence-electron chi connectivity index (χ0n) is 9.96. The van der Waals surface area contributed by atoms with Crippen molar-refractivity contribution in [3.8, 4) is 11.5 Å². The Labute approximate surface area is 104 Å². The first-order chi connectivity index (χ1) is 8.58. The molecule has 0 saturated heterocycles. The molecule has 0 saturated carbocycles. The van der Waals surface area contributed by atoms with Gasteiger partial charge in [0, 0.05) is 7.05 Å². The van der Waals surface area contributed by atoms with Crippen molar-refractivity contribution in [3.05, 3.63) is 24.3 Å². The van der Waals surface area contributed by atoms with Crippen LogP contribution in [0.25, 0.3) is 0 Å². The number of nitrogens with zero attached hydrogens (tertiary/aromatic N) is 1. The first-order valence-corrected chi connectivity index (χ1v) is 5.49. The number of carbonyl (C=O) groups is 2. The van der Waals surface area contributed by atoms with Gasteiger partial charge < -0.3 is 20.1 Å². The number of likely N-dealkylation sites (N-methyl/N-ethyl adjacent to an activating group) is 1. The van der Waals surface area contributed by atoms with Gasteiger partial charge in [-0.15, -0.1) is 0 Å². The number of para-hydroxylation sites is 2. The number of rotatable bonds is 3. The Morgan fingerprint density at radius 3 is 2.72 bits per heavy atom. The zero-order valence-corrected chi connectivity index (χ0v) is 9.96. The van der Waals surface area contributed by atoms with Crippen molar-refractivity contribution in [2.45, 2.75) is 6.10 Å². The van der Waals surface area contributed by atoms with E-state index in [1.54, 1.807) is 18.2 Å². The zero-order chi connectivity index (χ0) is 13.1. The van der Waals surface area contributed by atoms with Crippen LogP contribution in [0.3, 0.4) is 0 Å². The maximum Gasteiger partial charge on any atom is 0.267 e. The van der Waals surface area contributed by atoms with Crippen LogP contribution in [0.15, 0.2) is 24.3 Å². The minimum atomic E-state index is -0.746. The molecule has 0 aromatic heterocycles. The first-order valence-electron chi connectivity index (χ1n) is 5.49. The molecule has 1 heterocycles. The molecule has 2 N–H and O–H groups in total. The summed E-state index contributed by atoms with van der Waals surface area (Å²) in [5, 5.41) is 0. The third-order valence-corrected chi connectivity index (χ3v) is 2.55. The Morgan fingerprint density at radius 2 is 2.06 bits per heavy atom. The molecule has 0 aliphatic carbocycles. The summed E-state index contributed by atoms with van der Waals surface area (Å²) in [4.78, 5) is 23.9. The summed E-state index contributed by atoms with van der Waals surface area (Å²) >= 11 is 0. The molecule has 1 aliphatic heterocycles. The Balaban J connectivity index is 2.04. The summed E-state index contributed by atoms with van der Waals surface area (Å²) in [6.07, 6.45) is -0.746. The highest BCUT2D eigenvalue weighted by molar-refractivity contribution is 5.86. The lowest BCUT2D eigenvalue weighted by Crippen LogP contribution is -2.47. The minimum absolute atomic E-state index is 0.124. The van der Waals surface area contributed by atoms with E-state index in [9.17, 15) is 9.59 Å². The Bertz CT molecular complexity index is 475. The fraction of sp³-hybridized carbons (Fsp3) is 0.333. The molecule has 1 unspecified atom stereocenters. The second-order valence-corrected chi connectivity index (χ2v) is 4.02. The molecule has 6 heteroatoms. The van der Waals surface area contributed by atoms with Crippen LogP contribution in [0.4, 0.5) is 0 Å². The summed E-state index contributed by atoms with van der Waals surface area (Å²) in [6.45, 7) is -0.0146. The maximum absolute atomic E-state index is 12.0. The van der Waals surface area contributed by atoms with E-state index in [1.165, 1.54) is 11.9 Å². The molecule has 0 fully saturated rings. The summed E-state index contributed by atoms with van der Waals surface area (Å²) in [6, 6.07) is 7.11. The van der Waals surface area contributed by atoms with E-state index < -0.39 is 12.0 Å². The summed E-state index contributed by atoms with van der Waals surface area (Å²) in [5.74, 6) is 0.236. The largest absolute Gasteiger partial charge is 0.485 e. The molecule has 18 heavy (non-hydrogen) atoms. The third-order valence-electron chi connectivity index (χ3n) is 2.55. The van der Waals surface area contributed by atoms with Crippen LogP contribution in [0.2, 0.25) is 0 Å². The van der Waals surface area contributed by atoms with Gasteiger partial charge in [-0.25, -0.2) is 0 Å². The molecule has 0 radical (unpaired) electrons. The van der Waals surface area contributed by atoms with Gasteiger partial charge in [-0.1, -0.05) is 12.1 Å². The van der Waals surface area contributed by atoms with E-state index in [1.807, 2.05) is 6.07 Å². The summed E-state index contributed by atoms with van der Waals surface area (Å²) in [5.41, 5.74) is 5.03. The van der Waals surface area contributed by atoms with Gasteiger partial charge in [0.15, 0.2) is 11.5 Å². The van der Waals surface area contributed by atoms with Crippen molar-refractivity contribution in [2.24, 2.45) is 5.73 Å². The van der Waals surface area contributed by atoms with E-state index in [2.05, 4.69) is 0 Å². The van der Waals surface area contributed by atoms with E-state index >= 15 is 0 Å². The molecular weight excluding hydrogens is 236 g/mol. The number of hydrogen-bond donors (Lipinski definition) is 1. The highest BCUT2D eigenvalue weighted by Crippen LogP contribution is 2.31. The average Bonchev–Trinajstić information content (AvgIpc) is 2.36. The second kappa shape index (κ2) is 4.95. The van der Waals surface area contributed by atoms with Crippen molar-refractivity contribution in [3.63, 3.8) is 0 Å². The van der Waals surface area contributed by atoms with E-state index in [-0.39, 0.29) is 19.1 Å². The van der Waals surface area contributed by atoms with E-state index in [4.69, 9.17) is 15.2 Å². The quantitative estimate of drug-likeness (QED) is 0.803. The molecule has 96 valence electrons. The normalized spacial score (nSPS) is 17.1. The predicted molar refractivity (Wildman–Crippen MR) is 63.2 cm³/mol. The van der Waals surface area contributed by atoms with Crippen molar-refractivity contribution < 1.29 is 19.1 Å². The lowest BCUT2D eigenvalue weighted by molar-refractivity contribution is -0.142. The van der Waals surface area contributed by atoms with E-state index in [0.717, 1.165) is 0 Å². The minimum Gasteiger partial charge on any atom is -0.485 e. The summed E-state index contributed by atoms with van der Waals surface area (Å²) in [7, 11) is 1.50. The molecule has 6 nitrogen and oxygen atoms in total. The number of carbonyl (C=O) groups excluding carboxylic acids is 2. The van der Waals surface area contributed by atoms with Crippen LogP contribution < -0.4 is 15.2 Å². The molecule has 2 amide bonds. The van der Waals surface area contributed by atoms with Gasteiger partial charge in [0.1, 0.15) is 6.61 Å². The van der Waals surface area contributed by atoms with Crippen LogP contribution in [0.5, 0.6) is 11.5 Å². The number of nitrogens with two attached hydrogens (primary N) is 1. The number of hydrogen-bond acceptors (Lipinski definition) is 4. The molecule has 1 atom stereocenters.